The highest BCUT2D eigenvalue weighted by Crippen LogP contribution is 2.31. The van der Waals surface area contributed by atoms with Crippen LogP contribution in [0.3, 0.4) is 0 Å². The molecule has 0 saturated heterocycles. The van der Waals surface area contributed by atoms with Crippen LogP contribution in [0.2, 0.25) is 0 Å². The monoisotopic (exact) mass is 382 g/mol. The normalized spacial score (nSPS) is 20.6. The van der Waals surface area contributed by atoms with Gasteiger partial charge in [-0.15, -0.1) is 0 Å². The third kappa shape index (κ3) is 5.19. The van der Waals surface area contributed by atoms with E-state index in [4.69, 9.17) is 0 Å². The molecular weight excluding hydrogens is 352 g/mol. The lowest BCUT2D eigenvalue weighted by Gasteiger charge is -2.25. The van der Waals surface area contributed by atoms with Crippen molar-refractivity contribution in [1.29, 1.82) is 0 Å². The SMILES string of the molecule is CN(C)C[C@@H](O)C[C@@H](Cc1ccccc1)C(=O)N[C@H]1c2ccccc2C[C@H]1O. The Morgan fingerprint density at radius 1 is 1.14 bits per heavy atom. The molecule has 1 amide bonds. The van der Waals surface area contributed by atoms with E-state index in [1.165, 1.54) is 0 Å². The van der Waals surface area contributed by atoms with Crippen molar-refractivity contribution in [3.05, 3.63) is 71.3 Å². The number of rotatable bonds is 8. The molecule has 0 radical (unpaired) electrons. The quantitative estimate of drug-likeness (QED) is 0.652. The Morgan fingerprint density at radius 2 is 1.82 bits per heavy atom. The minimum absolute atomic E-state index is 0.123. The highest BCUT2D eigenvalue weighted by molar-refractivity contribution is 5.79. The first-order valence-corrected chi connectivity index (χ1v) is 9.87. The highest BCUT2D eigenvalue weighted by Gasteiger charge is 2.34. The molecule has 5 nitrogen and oxygen atoms in total. The Morgan fingerprint density at radius 3 is 2.54 bits per heavy atom. The van der Waals surface area contributed by atoms with E-state index >= 15 is 0 Å². The van der Waals surface area contributed by atoms with Crippen molar-refractivity contribution < 1.29 is 15.0 Å². The number of fused-ring (bicyclic) bond motifs is 1. The van der Waals surface area contributed by atoms with Gasteiger partial charge in [0.25, 0.3) is 0 Å². The van der Waals surface area contributed by atoms with Crippen LogP contribution in [0.15, 0.2) is 54.6 Å². The molecule has 28 heavy (non-hydrogen) atoms. The van der Waals surface area contributed by atoms with Gasteiger partial charge in [-0.25, -0.2) is 0 Å². The lowest BCUT2D eigenvalue weighted by molar-refractivity contribution is -0.127. The fourth-order valence-electron chi connectivity index (χ4n) is 4.03. The number of carbonyl (C=O) groups excluding carboxylic acids is 1. The molecule has 5 heteroatoms. The van der Waals surface area contributed by atoms with Crippen LogP contribution in [-0.4, -0.2) is 53.9 Å². The van der Waals surface area contributed by atoms with Crippen molar-refractivity contribution in [2.75, 3.05) is 20.6 Å². The zero-order chi connectivity index (χ0) is 20.1. The van der Waals surface area contributed by atoms with Gasteiger partial charge < -0.3 is 20.4 Å². The smallest absolute Gasteiger partial charge is 0.224 e. The van der Waals surface area contributed by atoms with Crippen LogP contribution in [0.5, 0.6) is 0 Å². The lowest BCUT2D eigenvalue weighted by atomic mass is 9.92. The van der Waals surface area contributed by atoms with Gasteiger partial charge in [-0.05, 0) is 43.6 Å². The minimum atomic E-state index is -0.620. The van der Waals surface area contributed by atoms with E-state index in [2.05, 4.69) is 5.32 Å². The van der Waals surface area contributed by atoms with Crippen LogP contribution in [0.4, 0.5) is 0 Å². The van der Waals surface area contributed by atoms with E-state index in [1.807, 2.05) is 73.6 Å². The molecule has 0 bridgehead atoms. The molecule has 0 aromatic heterocycles. The third-order valence-electron chi connectivity index (χ3n) is 5.33. The molecule has 1 aliphatic rings. The Bertz CT molecular complexity index is 778. The fraction of sp³-hybridized carbons (Fsp3) is 0.435. The summed E-state index contributed by atoms with van der Waals surface area (Å²) in [7, 11) is 3.81. The first kappa shape index (κ1) is 20.5. The van der Waals surface area contributed by atoms with Gasteiger partial charge >= 0.3 is 0 Å². The fourth-order valence-corrected chi connectivity index (χ4v) is 4.03. The van der Waals surface area contributed by atoms with E-state index in [1.54, 1.807) is 0 Å². The zero-order valence-corrected chi connectivity index (χ0v) is 16.6. The minimum Gasteiger partial charge on any atom is -0.392 e. The van der Waals surface area contributed by atoms with E-state index in [-0.39, 0.29) is 11.8 Å². The standard InChI is InChI=1S/C23H30N2O3/c1-25(2)15-19(26)13-18(12-16-8-4-3-5-9-16)23(28)24-22-20-11-7-6-10-17(20)14-21(22)27/h3-11,18-19,21-22,26-27H,12-15H2,1-2H3,(H,24,28)/t18-,19+,21-,22+/m1/s1. The molecule has 2 aromatic rings. The second-order valence-electron chi connectivity index (χ2n) is 7.99. The van der Waals surface area contributed by atoms with Crippen molar-refractivity contribution >= 4 is 5.91 Å². The van der Waals surface area contributed by atoms with Gasteiger partial charge in [-0.2, -0.15) is 0 Å². The number of benzene rings is 2. The number of likely N-dealkylation sites (N-methyl/N-ethyl adjacent to an activating group) is 1. The lowest BCUT2D eigenvalue weighted by Crippen LogP contribution is -2.40. The average molecular weight is 383 g/mol. The molecule has 0 fully saturated rings. The number of aliphatic hydroxyl groups is 2. The largest absolute Gasteiger partial charge is 0.392 e. The van der Waals surface area contributed by atoms with Crippen LogP contribution in [0.1, 0.15) is 29.2 Å². The highest BCUT2D eigenvalue weighted by atomic mass is 16.3. The van der Waals surface area contributed by atoms with Crippen molar-refractivity contribution in [2.24, 2.45) is 5.92 Å². The molecule has 1 aliphatic carbocycles. The third-order valence-corrected chi connectivity index (χ3v) is 5.33. The van der Waals surface area contributed by atoms with Gasteiger partial charge in [-0.1, -0.05) is 54.6 Å². The van der Waals surface area contributed by atoms with E-state index in [0.717, 1.165) is 16.7 Å². The summed E-state index contributed by atoms with van der Waals surface area (Å²) in [6.45, 7) is 0.507. The number of nitrogens with one attached hydrogen (secondary N) is 1. The topological polar surface area (TPSA) is 72.8 Å². The molecular formula is C23H30N2O3. The number of amides is 1. The molecule has 0 heterocycles. The number of aliphatic hydroxyl groups excluding tert-OH is 2. The van der Waals surface area contributed by atoms with Gasteiger partial charge in [0.05, 0.1) is 18.2 Å². The summed E-state index contributed by atoms with van der Waals surface area (Å²) >= 11 is 0. The Labute approximate surface area is 167 Å². The molecule has 2 aromatic carbocycles. The van der Waals surface area contributed by atoms with Crippen molar-refractivity contribution in [1.82, 2.24) is 10.2 Å². The maximum atomic E-state index is 13.1. The van der Waals surface area contributed by atoms with Crippen LogP contribution in [0, 0.1) is 5.92 Å². The summed E-state index contributed by atoms with van der Waals surface area (Å²) in [6, 6.07) is 17.3. The molecule has 0 unspecified atom stereocenters. The van der Waals surface area contributed by atoms with Gasteiger partial charge in [0, 0.05) is 18.9 Å². The maximum Gasteiger partial charge on any atom is 0.224 e. The van der Waals surface area contributed by atoms with Gasteiger partial charge in [0.15, 0.2) is 0 Å². The van der Waals surface area contributed by atoms with Gasteiger partial charge in [0.1, 0.15) is 0 Å². The Balaban J connectivity index is 1.74. The molecule has 0 spiro atoms. The van der Waals surface area contributed by atoms with E-state index in [9.17, 15) is 15.0 Å². The molecule has 150 valence electrons. The number of nitrogens with zero attached hydrogens (tertiary/aromatic N) is 1. The number of hydrogen-bond donors (Lipinski definition) is 3. The predicted octanol–water partition coefficient (Wildman–Crippen LogP) is 1.93. The predicted molar refractivity (Wildman–Crippen MR) is 110 cm³/mol. The van der Waals surface area contributed by atoms with Crippen LogP contribution < -0.4 is 5.32 Å². The summed E-state index contributed by atoms with van der Waals surface area (Å²) in [5.41, 5.74) is 3.12. The first-order chi connectivity index (χ1) is 13.4. The van der Waals surface area contributed by atoms with Gasteiger partial charge in [0.2, 0.25) is 5.91 Å². The summed E-state index contributed by atoms with van der Waals surface area (Å²) < 4.78 is 0. The summed E-state index contributed by atoms with van der Waals surface area (Å²) in [6.07, 6.45) is 0.277. The molecule has 0 aliphatic heterocycles. The van der Waals surface area contributed by atoms with Crippen LogP contribution >= 0.6 is 0 Å². The van der Waals surface area contributed by atoms with E-state index < -0.39 is 18.2 Å². The second kappa shape index (κ2) is 9.32. The van der Waals surface area contributed by atoms with Crippen LogP contribution in [0.25, 0.3) is 0 Å². The maximum absolute atomic E-state index is 13.1. The number of carbonyl (C=O) groups is 1. The number of hydrogen-bond acceptors (Lipinski definition) is 4. The molecule has 3 N–H and O–H groups in total. The molecule has 3 rings (SSSR count). The van der Waals surface area contributed by atoms with Gasteiger partial charge in [-0.3, -0.25) is 4.79 Å². The Kier molecular flexibility index (Phi) is 6.83. The summed E-state index contributed by atoms with van der Waals surface area (Å²) in [5, 5.41) is 23.9. The first-order valence-electron chi connectivity index (χ1n) is 9.87. The Hall–Kier alpha value is -2.21. The van der Waals surface area contributed by atoms with Crippen LogP contribution in [-0.2, 0) is 17.6 Å². The summed E-state index contributed by atoms with van der Waals surface area (Å²) in [5.74, 6) is -0.486. The van der Waals surface area contributed by atoms with E-state index in [0.29, 0.717) is 25.8 Å². The van der Waals surface area contributed by atoms with Crippen molar-refractivity contribution in [2.45, 2.75) is 37.5 Å². The zero-order valence-electron chi connectivity index (χ0n) is 16.6. The summed E-state index contributed by atoms with van der Waals surface area (Å²) in [4.78, 5) is 15.0. The van der Waals surface area contributed by atoms with Crippen molar-refractivity contribution in [3.8, 4) is 0 Å². The average Bonchev–Trinajstić information content (AvgIpc) is 2.97. The van der Waals surface area contributed by atoms with Crippen molar-refractivity contribution in [3.63, 3.8) is 0 Å². The molecule has 0 saturated carbocycles. The molecule has 4 atom stereocenters. The second-order valence-corrected chi connectivity index (χ2v) is 7.99.